The largest absolute Gasteiger partial charge is 0.298 e. The van der Waals surface area contributed by atoms with E-state index < -0.39 is 0 Å². The zero-order chi connectivity index (χ0) is 10.5. The third-order valence-electron chi connectivity index (χ3n) is 2.64. The highest BCUT2D eigenvalue weighted by Gasteiger charge is 2.15. The number of aryl methyl sites for hydroxylation is 1. The first-order valence-electron chi connectivity index (χ1n) is 5.51. The maximum atomic E-state index is 5.54. The van der Waals surface area contributed by atoms with Gasteiger partial charge in [0, 0.05) is 6.20 Å². The summed E-state index contributed by atoms with van der Waals surface area (Å²) in [6.45, 7) is 2.54. The van der Waals surface area contributed by atoms with Crippen molar-refractivity contribution in [2.75, 3.05) is 0 Å². The minimum atomic E-state index is 0.396. The predicted octanol–water partition coefficient (Wildman–Crippen LogP) is 1.75. The Balaban J connectivity index is 1.73. The summed E-state index contributed by atoms with van der Waals surface area (Å²) in [4.78, 5) is 13.9. The molecule has 1 aliphatic rings. The highest BCUT2D eigenvalue weighted by Crippen LogP contribution is 2.19. The Morgan fingerprint density at radius 1 is 1.47 bits per heavy atom. The second-order valence-electron chi connectivity index (χ2n) is 3.94. The minimum absolute atomic E-state index is 0.396. The van der Waals surface area contributed by atoms with Crippen LogP contribution in [-0.2, 0) is 11.4 Å². The third-order valence-corrected chi connectivity index (χ3v) is 2.64. The van der Waals surface area contributed by atoms with E-state index in [1.54, 1.807) is 6.20 Å². The highest BCUT2D eigenvalue weighted by atomic mass is 16.7. The first-order valence-corrected chi connectivity index (χ1v) is 5.51. The van der Waals surface area contributed by atoms with Gasteiger partial charge in [-0.15, -0.1) is 0 Å². The molecule has 0 aromatic carbocycles. The molecule has 15 heavy (non-hydrogen) atoms. The number of nitrogens with zero attached hydrogens (tertiary/aromatic N) is 2. The lowest BCUT2D eigenvalue weighted by molar-refractivity contribution is -0.0249. The van der Waals surface area contributed by atoms with Gasteiger partial charge in [-0.1, -0.05) is 12.8 Å². The fraction of sp³-hybridized carbons (Fsp3) is 0.636. The number of aromatic nitrogens is 2. The molecule has 0 unspecified atom stereocenters. The number of hydrogen-bond donors (Lipinski definition) is 1. The number of hydrogen-bond acceptors (Lipinski definition) is 4. The van der Waals surface area contributed by atoms with E-state index in [1.165, 1.54) is 25.7 Å². The fourth-order valence-electron chi connectivity index (χ4n) is 1.84. The van der Waals surface area contributed by atoms with Gasteiger partial charge in [-0.25, -0.2) is 9.97 Å². The first-order chi connectivity index (χ1) is 7.34. The van der Waals surface area contributed by atoms with Crippen molar-refractivity contribution in [3.05, 3.63) is 23.8 Å². The smallest absolute Gasteiger partial charge is 0.125 e. The van der Waals surface area contributed by atoms with Crippen molar-refractivity contribution < 1.29 is 4.84 Å². The van der Waals surface area contributed by atoms with Crippen molar-refractivity contribution >= 4 is 0 Å². The van der Waals surface area contributed by atoms with Gasteiger partial charge in [0.05, 0.1) is 18.3 Å². The Morgan fingerprint density at radius 3 is 3.00 bits per heavy atom. The summed E-state index contributed by atoms with van der Waals surface area (Å²) < 4.78 is 0. The molecule has 0 saturated heterocycles. The van der Waals surface area contributed by atoms with Gasteiger partial charge in [0.1, 0.15) is 5.82 Å². The molecule has 82 valence electrons. The van der Waals surface area contributed by atoms with Crippen LogP contribution in [0.1, 0.15) is 37.2 Å². The maximum Gasteiger partial charge on any atom is 0.125 e. The summed E-state index contributed by atoms with van der Waals surface area (Å²) in [6.07, 6.45) is 7.10. The number of hydroxylamine groups is 1. The Hall–Kier alpha value is -1.00. The molecule has 0 radical (unpaired) electrons. The summed E-state index contributed by atoms with van der Waals surface area (Å²) in [6, 6.07) is 1.90. The van der Waals surface area contributed by atoms with Crippen LogP contribution in [0.2, 0.25) is 0 Å². The standard InChI is InChI=1S/C11H17N3O/c1-9-12-7-6-10(14-9)8-13-15-11-4-2-3-5-11/h6-7,11,13H,2-5,8H2,1H3. The van der Waals surface area contributed by atoms with Crippen molar-refractivity contribution in [2.24, 2.45) is 0 Å². The maximum absolute atomic E-state index is 5.54. The zero-order valence-electron chi connectivity index (χ0n) is 9.07. The normalized spacial score (nSPS) is 17.1. The molecule has 0 aliphatic heterocycles. The van der Waals surface area contributed by atoms with Crippen molar-refractivity contribution in [3.63, 3.8) is 0 Å². The van der Waals surface area contributed by atoms with Gasteiger partial charge in [0.2, 0.25) is 0 Å². The summed E-state index contributed by atoms with van der Waals surface area (Å²) in [5.41, 5.74) is 3.95. The zero-order valence-corrected chi connectivity index (χ0v) is 9.07. The molecule has 0 bridgehead atoms. The lowest BCUT2D eigenvalue weighted by Crippen LogP contribution is -2.21. The Kier molecular flexibility index (Phi) is 3.64. The van der Waals surface area contributed by atoms with E-state index in [1.807, 2.05) is 13.0 Å². The third kappa shape index (κ3) is 3.25. The van der Waals surface area contributed by atoms with Crippen molar-refractivity contribution in [1.29, 1.82) is 0 Å². The lowest BCUT2D eigenvalue weighted by Gasteiger charge is -2.11. The van der Waals surface area contributed by atoms with Gasteiger partial charge in [0.15, 0.2) is 0 Å². The average Bonchev–Trinajstić information content (AvgIpc) is 2.71. The molecule has 2 rings (SSSR count). The Labute approximate surface area is 90.0 Å². The van der Waals surface area contributed by atoms with E-state index in [4.69, 9.17) is 4.84 Å². The molecule has 1 saturated carbocycles. The molecular formula is C11H17N3O. The Morgan fingerprint density at radius 2 is 2.27 bits per heavy atom. The van der Waals surface area contributed by atoms with Crippen LogP contribution in [0.25, 0.3) is 0 Å². The molecule has 1 aromatic heterocycles. The second kappa shape index (κ2) is 5.19. The summed E-state index contributed by atoms with van der Waals surface area (Å²) in [5, 5.41) is 0. The molecule has 1 aliphatic carbocycles. The fourth-order valence-corrected chi connectivity index (χ4v) is 1.84. The van der Waals surface area contributed by atoms with Crippen molar-refractivity contribution in [3.8, 4) is 0 Å². The van der Waals surface area contributed by atoms with Crippen LogP contribution in [0.3, 0.4) is 0 Å². The van der Waals surface area contributed by atoms with Crippen LogP contribution in [-0.4, -0.2) is 16.1 Å². The molecule has 0 amide bonds. The van der Waals surface area contributed by atoms with Gasteiger partial charge in [-0.2, -0.15) is 5.48 Å². The summed E-state index contributed by atoms with van der Waals surface area (Å²) in [7, 11) is 0. The van der Waals surface area contributed by atoms with Crippen LogP contribution < -0.4 is 5.48 Å². The van der Waals surface area contributed by atoms with E-state index in [2.05, 4.69) is 15.4 Å². The van der Waals surface area contributed by atoms with Crippen molar-refractivity contribution in [1.82, 2.24) is 15.4 Å². The molecule has 4 nitrogen and oxygen atoms in total. The molecular weight excluding hydrogens is 190 g/mol. The molecule has 1 N–H and O–H groups in total. The van der Waals surface area contributed by atoms with Gasteiger partial charge < -0.3 is 0 Å². The minimum Gasteiger partial charge on any atom is -0.298 e. The van der Waals surface area contributed by atoms with Crippen LogP contribution in [0.4, 0.5) is 0 Å². The van der Waals surface area contributed by atoms with Gasteiger partial charge >= 0.3 is 0 Å². The second-order valence-corrected chi connectivity index (χ2v) is 3.94. The molecule has 0 atom stereocenters. The van der Waals surface area contributed by atoms with E-state index in [9.17, 15) is 0 Å². The van der Waals surface area contributed by atoms with Crippen LogP contribution in [0.15, 0.2) is 12.3 Å². The monoisotopic (exact) mass is 207 g/mol. The van der Waals surface area contributed by atoms with E-state index in [0.717, 1.165) is 11.5 Å². The van der Waals surface area contributed by atoms with Crippen molar-refractivity contribution in [2.45, 2.75) is 45.3 Å². The van der Waals surface area contributed by atoms with Crippen LogP contribution in [0.5, 0.6) is 0 Å². The SMILES string of the molecule is Cc1nccc(CNOC2CCCC2)n1. The van der Waals surface area contributed by atoms with Gasteiger partial charge in [-0.05, 0) is 25.8 Å². The first kappa shape index (κ1) is 10.5. The summed E-state index contributed by atoms with van der Waals surface area (Å²) >= 11 is 0. The van der Waals surface area contributed by atoms with Crippen LogP contribution >= 0.6 is 0 Å². The number of nitrogens with one attached hydrogen (secondary N) is 1. The quantitative estimate of drug-likeness (QED) is 0.764. The lowest BCUT2D eigenvalue weighted by atomic mass is 10.3. The molecule has 1 aromatic rings. The topological polar surface area (TPSA) is 47.0 Å². The molecule has 1 heterocycles. The highest BCUT2D eigenvalue weighted by molar-refractivity contribution is 5.00. The van der Waals surface area contributed by atoms with E-state index >= 15 is 0 Å². The Bertz CT molecular complexity index is 310. The molecule has 0 spiro atoms. The van der Waals surface area contributed by atoms with Gasteiger partial charge in [0.25, 0.3) is 0 Å². The molecule has 1 fully saturated rings. The van der Waals surface area contributed by atoms with Crippen LogP contribution in [0, 0.1) is 6.92 Å². The van der Waals surface area contributed by atoms with Gasteiger partial charge in [-0.3, -0.25) is 4.84 Å². The average molecular weight is 207 g/mol. The summed E-state index contributed by atoms with van der Waals surface area (Å²) in [5.74, 6) is 0.801. The number of rotatable bonds is 4. The van der Waals surface area contributed by atoms with E-state index in [-0.39, 0.29) is 0 Å². The van der Waals surface area contributed by atoms with E-state index in [0.29, 0.717) is 12.6 Å². The predicted molar refractivity (Wildman–Crippen MR) is 56.9 cm³/mol. The molecule has 4 heteroatoms.